The van der Waals surface area contributed by atoms with E-state index >= 15 is 0 Å². The minimum absolute atomic E-state index is 0.0604. The van der Waals surface area contributed by atoms with Crippen LogP contribution in [0.4, 0.5) is 0 Å². The second-order valence-corrected chi connectivity index (χ2v) is 5.18. The number of carboxylic acid groups (broad SMARTS) is 1. The van der Waals surface area contributed by atoms with Gasteiger partial charge in [-0.25, -0.2) is 0 Å². The Morgan fingerprint density at radius 2 is 1.88 bits per heavy atom. The molecule has 96 valence electrons. The quantitative estimate of drug-likeness (QED) is 0.597. The molecule has 0 saturated carbocycles. The van der Waals surface area contributed by atoms with Crippen molar-refractivity contribution in [1.82, 2.24) is 0 Å². The average molecular weight is 229 g/mol. The van der Waals surface area contributed by atoms with Crippen LogP contribution in [-0.4, -0.2) is 17.1 Å². The minimum atomic E-state index is -0.742. The third-order valence-electron chi connectivity index (χ3n) is 3.51. The van der Waals surface area contributed by atoms with E-state index in [0.717, 1.165) is 12.8 Å². The summed E-state index contributed by atoms with van der Waals surface area (Å²) in [6, 6.07) is -0.0604. The Hall–Kier alpha value is -0.570. The molecule has 3 heteroatoms. The number of unbranched alkanes of at least 4 members (excludes halogenated alkanes) is 4. The van der Waals surface area contributed by atoms with Crippen LogP contribution in [0.25, 0.3) is 0 Å². The zero-order chi connectivity index (χ0) is 12.6. The van der Waals surface area contributed by atoms with E-state index in [0.29, 0.717) is 0 Å². The van der Waals surface area contributed by atoms with Crippen molar-refractivity contribution >= 4 is 5.97 Å². The highest BCUT2D eigenvalue weighted by Gasteiger charge is 2.30. The Morgan fingerprint density at radius 1 is 1.31 bits per heavy atom. The molecule has 0 fully saturated rings. The van der Waals surface area contributed by atoms with Crippen LogP contribution in [0, 0.1) is 5.41 Å². The van der Waals surface area contributed by atoms with Crippen LogP contribution in [0.15, 0.2) is 0 Å². The molecule has 0 aliphatic carbocycles. The molecule has 0 aliphatic rings. The summed E-state index contributed by atoms with van der Waals surface area (Å²) in [6.07, 6.45) is 7.13. The zero-order valence-electron chi connectivity index (χ0n) is 11.0. The van der Waals surface area contributed by atoms with Crippen molar-refractivity contribution in [2.24, 2.45) is 11.1 Å². The highest BCUT2D eigenvalue weighted by Crippen LogP contribution is 2.31. The SMILES string of the molecule is CCCCCCCC(C)(CC(=O)O)C(C)N. The van der Waals surface area contributed by atoms with E-state index in [2.05, 4.69) is 6.92 Å². The molecule has 0 heterocycles. The number of nitrogens with two attached hydrogens (primary N) is 1. The molecule has 3 nitrogen and oxygen atoms in total. The summed E-state index contributed by atoms with van der Waals surface area (Å²) in [5.41, 5.74) is 5.64. The molecule has 0 saturated heterocycles. The van der Waals surface area contributed by atoms with Crippen LogP contribution in [0.2, 0.25) is 0 Å². The molecule has 3 N–H and O–H groups in total. The normalized spacial score (nSPS) is 16.8. The first-order valence-electron chi connectivity index (χ1n) is 6.39. The van der Waals surface area contributed by atoms with Crippen LogP contribution in [-0.2, 0) is 4.79 Å². The number of carbonyl (C=O) groups is 1. The van der Waals surface area contributed by atoms with E-state index in [1.54, 1.807) is 0 Å². The summed E-state index contributed by atoms with van der Waals surface area (Å²) in [4.78, 5) is 10.8. The van der Waals surface area contributed by atoms with Crippen molar-refractivity contribution in [2.45, 2.75) is 71.8 Å². The highest BCUT2D eigenvalue weighted by molar-refractivity contribution is 5.67. The molecule has 2 atom stereocenters. The van der Waals surface area contributed by atoms with Crippen LogP contribution >= 0.6 is 0 Å². The topological polar surface area (TPSA) is 63.3 Å². The van der Waals surface area contributed by atoms with Crippen LogP contribution in [0.5, 0.6) is 0 Å². The lowest BCUT2D eigenvalue weighted by molar-refractivity contribution is -0.140. The minimum Gasteiger partial charge on any atom is -0.481 e. The Labute approximate surface area is 99.4 Å². The maximum absolute atomic E-state index is 10.8. The lowest BCUT2D eigenvalue weighted by Crippen LogP contribution is -2.38. The number of hydrogen-bond acceptors (Lipinski definition) is 2. The van der Waals surface area contributed by atoms with Gasteiger partial charge >= 0.3 is 5.97 Å². The van der Waals surface area contributed by atoms with Crippen molar-refractivity contribution in [2.75, 3.05) is 0 Å². The van der Waals surface area contributed by atoms with Gasteiger partial charge in [0.05, 0.1) is 6.42 Å². The number of carboxylic acids is 1. The number of hydrogen-bond donors (Lipinski definition) is 2. The summed E-state index contributed by atoms with van der Waals surface area (Å²) >= 11 is 0. The number of rotatable bonds is 9. The van der Waals surface area contributed by atoms with Gasteiger partial charge in [-0.2, -0.15) is 0 Å². The fourth-order valence-corrected chi connectivity index (χ4v) is 1.95. The zero-order valence-corrected chi connectivity index (χ0v) is 11.0. The second-order valence-electron chi connectivity index (χ2n) is 5.18. The Balaban J connectivity index is 3.98. The lowest BCUT2D eigenvalue weighted by Gasteiger charge is -2.32. The van der Waals surface area contributed by atoms with E-state index in [9.17, 15) is 4.79 Å². The second kappa shape index (κ2) is 7.66. The van der Waals surface area contributed by atoms with E-state index in [4.69, 9.17) is 10.8 Å². The first-order valence-corrected chi connectivity index (χ1v) is 6.39. The fourth-order valence-electron chi connectivity index (χ4n) is 1.95. The van der Waals surface area contributed by atoms with Gasteiger partial charge in [-0.05, 0) is 18.8 Å². The summed E-state index contributed by atoms with van der Waals surface area (Å²) in [5, 5.41) is 8.88. The highest BCUT2D eigenvalue weighted by atomic mass is 16.4. The third-order valence-corrected chi connectivity index (χ3v) is 3.51. The molecule has 0 amide bonds. The average Bonchev–Trinajstić information content (AvgIpc) is 2.16. The van der Waals surface area contributed by atoms with Gasteiger partial charge in [0.15, 0.2) is 0 Å². The van der Waals surface area contributed by atoms with Crippen LogP contribution in [0.3, 0.4) is 0 Å². The largest absolute Gasteiger partial charge is 0.481 e. The van der Waals surface area contributed by atoms with Crippen molar-refractivity contribution in [3.63, 3.8) is 0 Å². The maximum atomic E-state index is 10.8. The van der Waals surface area contributed by atoms with Crippen LogP contribution < -0.4 is 5.73 Å². The standard InChI is InChI=1S/C13H27NO2/c1-4-5-6-7-8-9-13(3,11(2)14)10-12(15)16/h11H,4-10,14H2,1-3H3,(H,15,16). The van der Waals surface area contributed by atoms with Gasteiger partial charge in [0.1, 0.15) is 0 Å². The first-order chi connectivity index (χ1) is 7.42. The van der Waals surface area contributed by atoms with E-state index in [1.165, 1.54) is 25.7 Å². The lowest BCUT2D eigenvalue weighted by atomic mass is 9.76. The van der Waals surface area contributed by atoms with Crippen LogP contribution in [0.1, 0.15) is 65.7 Å². The molecule has 0 rings (SSSR count). The Kier molecular flexibility index (Phi) is 7.39. The van der Waals surface area contributed by atoms with E-state index in [-0.39, 0.29) is 17.9 Å². The van der Waals surface area contributed by atoms with Gasteiger partial charge in [0.25, 0.3) is 0 Å². The summed E-state index contributed by atoms with van der Waals surface area (Å²) < 4.78 is 0. The monoisotopic (exact) mass is 229 g/mol. The summed E-state index contributed by atoms with van der Waals surface area (Å²) in [6.45, 7) is 6.09. The molecule has 0 aromatic rings. The van der Waals surface area contributed by atoms with Gasteiger partial charge < -0.3 is 10.8 Å². The van der Waals surface area contributed by atoms with Crippen molar-refractivity contribution in [3.8, 4) is 0 Å². The molecule has 2 unspecified atom stereocenters. The molecular weight excluding hydrogens is 202 g/mol. The van der Waals surface area contributed by atoms with Gasteiger partial charge in [-0.1, -0.05) is 46.0 Å². The van der Waals surface area contributed by atoms with Crippen molar-refractivity contribution < 1.29 is 9.90 Å². The van der Waals surface area contributed by atoms with Gasteiger partial charge in [-0.3, -0.25) is 4.79 Å². The molecular formula is C13H27NO2. The molecule has 0 radical (unpaired) electrons. The maximum Gasteiger partial charge on any atom is 0.303 e. The molecule has 16 heavy (non-hydrogen) atoms. The van der Waals surface area contributed by atoms with Crippen molar-refractivity contribution in [3.05, 3.63) is 0 Å². The molecule has 0 aliphatic heterocycles. The Bertz CT molecular complexity index is 204. The fraction of sp³-hybridized carbons (Fsp3) is 0.923. The predicted molar refractivity (Wildman–Crippen MR) is 67.4 cm³/mol. The summed E-state index contributed by atoms with van der Waals surface area (Å²) in [5.74, 6) is -0.742. The molecule has 0 spiro atoms. The van der Waals surface area contributed by atoms with Gasteiger partial charge in [-0.15, -0.1) is 0 Å². The van der Waals surface area contributed by atoms with E-state index < -0.39 is 5.97 Å². The Morgan fingerprint density at radius 3 is 2.31 bits per heavy atom. The predicted octanol–water partition coefficient (Wildman–Crippen LogP) is 3.18. The smallest absolute Gasteiger partial charge is 0.303 e. The number of aliphatic carboxylic acids is 1. The first kappa shape index (κ1) is 15.4. The molecule has 0 aromatic heterocycles. The third kappa shape index (κ3) is 6.11. The molecule has 0 bridgehead atoms. The van der Waals surface area contributed by atoms with Gasteiger partial charge in [0, 0.05) is 6.04 Å². The molecule has 0 aromatic carbocycles. The summed E-state index contributed by atoms with van der Waals surface area (Å²) in [7, 11) is 0. The van der Waals surface area contributed by atoms with Crippen molar-refractivity contribution in [1.29, 1.82) is 0 Å². The van der Waals surface area contributed by atoms with Gasteiger partial charge in [0.2, 0.25) is 0 Å². The van der Waals surface area contributed by atoms with E-state index in [1.807, 2.05) is 13.8 Å².